The van der Waals surface area contributed by atoms with E-state index in [2.05, 4.69) is 55.1 Å². The molecule has 0 bridgehead atoms. The minimum atomic E-state index is 0.209. The number of hydrogen-bond acceptors (Lipinski definition) is 2. The molecule has 0 unspecified atom stereocenters. The van der Waals surface area contributed by atoms with Crippen LogP contribution in [0.4, 0.5) is 0 Å². The Labute approximate surface area is 109 Å². The molecule has 0 atom stereocenters. The van der Waals surface area contributed by atoms with Crippen molar-refractivity contribution in [3.8, 4) is 5.75 Å². The number of nitrogens with one attached hydrogen (secondary N) is 1. The molecule has 2 rings (SSSR count). The fraction of sp³-hybridized carbons (Fsp3) is 0.467. The molecule has 0 aliphatic rings. The van der Waals surface area contributed by atoms with E-state index < -0.39 is 0 Å². The van der Waals surface area contributed by atoms with E-state index in [0.29, 0.717) is 0 Å². The van der Waals surface area contributed by atoms with E-state index in [4.69, 9.17) is 4.74 Å². The molecule has 1 aromatic heterocycles. The van der Waals surface area contributed by atoms with Gasteiger partial charge in [-0.3, -0.25) is 0 Å². The van der Waals surface area contributed by atoms with E-state index in [-0.39, 0.29) is 6.10 Å². The molecule has 2 aromatic rings. The maximum Gasteiger partial charge on any atom is 0.129 e. The Morgan fingerprint density at radius 2 is 2.11 bits per heavy atom. The van der Waals surface area contributed by atoms with Gasteiger partial charge in [-0.15, -0.1) is 0 Å². The minimum absolute atomic E-state index is 0.209. The first-order valence-electron chi connectivity index (χ1n) is 6.67. The van der Waals surface area contributed by atoms with Crippen LogP contribution in [-0.2, 0) is 6.54 Å². The molecular weight excluding hydrogens is 224 g/mol. The topological polar surface area (TPSA) is 26.2 Å². The normalized spacial score (nSPS) is 11.3. The van der Waals surface area contributed by atoms with E-state index in [1.807, 2.05) is 6.07 Å². The first kappa shape index (κ1) is 13.0. The highest BCUT2D eigenvalue weighted by Gasteiger charge is 2.07. The molecule has 1 aromatic carbocycles. The molecule has 18 heavy (non-hydrogen) atoms. The summed E-state index contributed by atoms with van der Waals surface area (Å²) < 4.78 is 8.11. The molecule has 0 radical (unpaired) electrons. The summed E-state index contributed by atoms with van der Waals surface area (Å²) in [6, 6.07) is 8.38. The van der Waals surface area contributed by atoms with E-state index in [0.717, 1.165) is 25.4 Å². The number of nitrogens with zero attached hydrogens (tertiary/aromatic N) is 1. The van der Waals surface area contributed by atoms with Crippen LogP contribution in [-0.4, -0.2) is 23.8 Å². The zero-order valence-electron chi connectivity index (χ0n) is 11.4. The Morgan fingerprint density at radius 1 is 1.28 bits per heavy atom. The SMILES string of the molecule is CCNCCn1ccc2c(OC(C)C)cccc21. The molecule has 98 valence electrons. The van der Waals surface area contributed by atoms with Crippen LogP contribution in [0.25, 0.3) is 10.9 Å². The number of hydrogen-bond donors (Lipinski definition) is 1. The first-order valence-corrected chi connectivity index (χ1v) is 6.67. The first-order chi connectivity index (χ1) is 8.72. The minimum Gasteiger partial charge on any atom is -0.490 e. The van der Waals surface area contributed by atoms with Gasteiger partial charge in [-0.05, 0) is 38.6 Å². The predicted molar refractivity (Wildman–Crippen MR) is 76.2 cm³/mol. The number of benzene rings is 1. The van der Waals surface area contributed by atoms with Crippen LogP contribution < -0.4 is 10.1 Å². The van der Waals surface area contributed by atoms with Gasteiger partial charge in [0.05, 0.1) is 11.6 Å². The average Bonchev–Trinajstić information content (AvgIpc) is 2.74. The van der Waals surface area contributed by atoms with Crippen LogP contribution in [0.1, 0.15) is 20.8 Å². The van der Waals surface area contributed by atoms with Crippen molar-refractivity contribution in [3.05, 3.63) is 30.5 Å². The molecule has 1 N–H and O–H groups in total. The highest BCUT2D eigenvalue weighted by molar-refractivity contribution is 5.86. The molecule has 0 aliphatic heterocycles. The van der Waals surface area contributed by atoms with Crippen molar-refractivity contribution in [1.82, 2.24) is 9.88 Å². The lowest BCUT2D eigenvalue weighted by molar-refractivity contribution is 0.245. The molecule has 0 amide bonds. The van der Waals surface area contributed by atoms with Crippen LogP contribution in [0.15, 0.2) is 30.5 Å². The summed E-state index contributed by atoms with van der Waals surface area (Å²) in [5.74, 6) is 0.977. The van der Waals surface area contributed by atoms with Gasteiger partial charge in [-0.1, -0.05) is 13.0 Å². The third-order valence-electron chi connectivity index (χ3n) is 2.92. The maximum atomic E-state index is 5.84. The third kappa shape index (κ3) is 2.85. The van der Waals surface area contributed by atoms with Crippen molar-refractivity contribution in [2.75, 3.05) is 13.1 Å². The molecule has 0 aliphatic carbocycles. The number of aromatic nitrogens is 1. The maximum absolute atomic E-state index is 5.84. The number of rotatable bonds is 6. The molecule has 3 nitrogen and oxygen atoms in total. The zero-order chi connectivity index (χ0) is 13.0. The van der Waals surface area contributed by atoms with Gasteiger partial charge in [0.2, 0.25) is 0 Å². The summed E-state index contributed by atoms with van der Waals surface area (Å²) in [6.07, 6.45) is 2.34. The summed E-state index contributed by atoms with van der Waals surface area (Å²) >= 11 is 0. The van der Waals surface area contributed by atoms with Crippen LogP contribution in [0, 0.1) is 0 Å². The van der Waals surface area contributed by atoms with E-state index in [1.54, 1.807) is 0 Å². The van der Waals surface area contributed by atoms with Gasteiger partial charge >= 0.3 is 0 Å². The van der Waals surface area contributed by atoms with Crippen LogP contribution in [0.5, 0.6) is 5.75 Å². The molecule has 1 heterocycles. The van der Waals surface area contributed by atoms with Gasteiger partial charge < -0.3 is 14.6 Å². The second-order valence-corrected chi connectivity index (χ2v) is 4.72. The van der Waals surface area contributed by atoms with Crippen molar-refractivity contribution in [3.63, 3.8) is 0 Å². The lowest BCUT2D eigenvalue weighted by atomic mass is 10.2. The lowest BCUT2D eigenvalue weighted by Gasteiger charge is -2.11. The Morgan fingerprint density at radius 3 is 2.83 bits per heavy atom. The smallest absolute Gasteiger partial charge is 0.129 e. The molecule has 0 saturated heterocycles. The Hall–Kier alpha value is -1.48. The molecule has 0 spiro atoms. The summed E-state index contributed by atoms with van der Waals surface area (Å²) in [5.41, 5.74) is 1.24. The average molecular weight is 246 g/mol. The van der Waals surface area contributed by atoms with Crippen molar-refractivity contribution < 1.29 is 4.74 Å². The van der Waals surface area contributed by atoms with Crippen molar-refractivity contribution in [1.29, 1.82) is 0 Å². The summed E-state index contributed by atoms with van der Waals surface area (Å²) in [5, 5.41) is 4.54. The van der Waals surface area contributed by atoms with Crippen molar-refractivity contribution >= 4 is 10.9 Å². The van der Waals surface area contributed by atoms with Gasteiger partial charge in [-0.25, -0.2) is 0 Å². The van der Waals surface area contributed by atoms with Gasteiger partial charge in [0, 0.05) is 24.7 Å². The second kappa shape index (κ2) is 5.91. The highest BCUT2D eigenvalue weighted by Crippen LogP contribution is 2.27. The second-order valence-electron chi connectivity index (χ2n) is 4.72. The van der Waals surface area contributed by atoms with E-state index in [1.165, 1.54) is 10.9 Å². The summed E-state index contributed by atoms with van der Waals surface area (Å²) in [7, 11) is 0. The fourth-order valence-corrected chi connectivity index (χ4v) is 2.12. The number of likely N-dealkylation sites (N-methyl/N-ethyl adjacent to an activating group) is 1. The standard InChI is InChI=1S/C15H22N2O/c1-4-16-9-11-17-10-8-13-14(17)6-5-7-15(13)18-12(2)3/h5-8,10,12,16H,4,9,11H2,1-3H3. The van der Waals surface area contributed by atoms with Crippen LogP contribution in [0.2, 0.25) is 0 Å². The zero-order valence-corrected chi connectivity index (χ0v) is 11.4. The molecular formula is C15H22N2O. The monoisotopic (exact) mass is 246 g/mol. The Balaban J connectivity index is 2.24. The lowest BCUT2D eigenvalue weighted by Crippen LogP contribution is -2.18. The third-order valence-corrected chi connectivity index (χ3v) is 2.92. The van der Waals surface area contributed by atoms with Crippen molar-refractivity contribution in [2.45, 2.75) is 33.4 Å². The van der Waals surface area contributed by atoms with Crippen LogP contribution >= 0.6 is 0 Å². The Bertz CT molecular complexity index is 502. The summed E-state index contributed by atoms with van der Waals surface area (Å²) in [4.78, 5) is 0. The van der Waals surface area contributed by atoms with Crippen LogP contribution in [0.3, 0.4) is 0 Å². The van der Waals surface area contributed by atoms with Gasteiger partial charge in [-0.2, -0.15) is 0 Å². The number of fused-ring (bicyclic) bond motifs is 1. The molecule has 0 fully saturated rings. The van der Waals surface area contributed by atoms with Gasteiger partial charge in [0.25, 0.3) is 0 Å². The molecule has 3 heteroatoms. The fourth-order valence-electron chi connectivity index (χ4n) is 2.12. The highest BCUT2D eigenvalue weighted by atomic mass is 16.5. The summed E-state index contributed by atoms with van der Waals surface area (Å²) in [6.45, 7) is 9.24. The largest absolute Gasteiger partial charge is 0.490 e. The quantitative estimate of drug-likeness (QED) is 0.793. The number of ether oxygens (including phenoxy) is 1. The van der Waals surface area contributed by atoms with Gasteiger partial charge in [0.15, 0.2) is 0 Å². The Kier molecular flexibility index (Phi) is 4.26. The predicted octanol–water partition coefficient (Wildman–Crippen LogP) is 3.04. The molecule has 0 saturated carbocycles. The van der Waals surface area contributed by atoms with E-state index >= 15 is 0 Å². The van der Waals surface area contributed by atoms with Gasteiger partial charge in [0.1, 0.15) is 5.75 Å². The van der Waals surface area contributed by atoms with E-state index in [9.17, 15) is 0 Å². The van der Waals surface area contributed by atoms with Crippen molar-refractivity contribution in [2.24, 2.45) is 0 Å².